The van der Waals surface area contributed by atoms with Crippen LogP contribution in [0.25, 0.3) is 16.1 Å². The van der Waals surface area contributed by atoms with Gasteiger partial charge in [0.1, 0.15) is 0 Å². The molecule has 118 valence electrons. The highest BCUT2D eigenvalue weighted by Crippen LogP contribution is 2.21. The molecule has 0 aliphatic carbocycles. The molecule has 0 aliphatic rings. The van der Waals surface area contributed by atoms with E-state index < -0.39 is 0 Å². The lowest BCUT2D eigenvalue weighted by Gasteiger charge is -1.99. The largest absolute Gasteiger partial charge is 0.299 e. The Hall–Kier alpha value is -3.64. The van der Waals surface area contributed by atoms with Gasteiger partial charge in [-0.15, -0.1) is 5.11 Å². The number of azo groups is 1. The summed E-state index contributed by atoms with van der Waals surface area (Å²) in [4.78, 5) is 15.2. The summed E-state index contributed by atoms with van der Waals surface area (Å²) in [6, 6.07) is 15.8. The van der Waals surface area contributed by atoms with Gasteiger partial charge in [-0.25, -0.2) is 4.68 Å². The second-order valence-electron chi connectivity index (χ2n) is 4.97. The first-order valence-corrected chi connectivity index (χ1v) is 7.13. The van der Waals surface area contributed by atoms with Crippen LogP contribution >= 0.6 is 0 Å². The minimum atomic E-state index is -0.270. The smallest absolute Gasteiger partial charge is 0.293 e. The number of rotatable bonds is 4. The third-order valence-corrected chi connectivity index (χ3v) is 3.33. The standard InChI is InChI=1S/C16H13N7O/c1-11-15(16(24)23(21-11)14-5-3-2-4-6-14)20-18-12-7-9-13(10-8-12)19-22-17/h2-10,21H,1H3. The van der Waals surface area contributed by atoms with Crippen LogP contribution in [0.4, 0.5) is 17.1 Å². The molecule has 2 aromatic carbocycles. The minimum absolute atomic E-state index is 0.248. The van der Waals surface area contributed by atoms with E-state index >= 15 is 0 Å². The SMILES string of the molecule is Cc1[nH]n(-c2ccccc2)c(=O)c1N=Nc1ccc(N=[N+]=[N-])cc1. The van der Waals surface area contributed by atoms with Crippen molar-refractivity contribution in [2.24, 2.45) is 15.3 Å². The van der Waals surface area contributed by atoms with Crippen molar-refractivity contribution in [1.82, 2.24) is 9.78 Å². The number of hydrogen-bond donors (Lipinski definition) is 1. The number of aromatic nitrogens is 2. The molecule has 1 aromatic heterocycles. The summed E-state index contributed by atoms with van der Waals surface area (Å²) in [5.74, 6) is 0. The van der Waals surface area contributed by atoms with Gasteiger partial charge in [-0.1, -0.05) is 35.4 Å². The molecule has 8 heteroatoms. The predicted octanol–water partition coefficient (Wildman–Crippen LogP) is 4.83. The molecule has 0 bridgehead atoms. The van der Waals surface area contributed by atoms with E-state index in [0.717, 1.165) is 5.69 Å². The van der Waals surface area contributed by atoms with E-state index in [1.165, 1.54) is 4.68 Å². The fourth-order valence-electron chi connectivity index (χ4n) is 2.16. The van der Waals surface area contributed by atoms with E-state index in [1.807, 2.05) is 30.3 Å². The predicted molar refractivity (Wildman–Crippen MR) is 90.6 cm³/mol. The van der Waals surface area contributed by atoms with Crippen molar-refractivity contribution < 1.29 is 0 Å². The normalized spacial score (nSPS) is 10.7. The number of nitrogens with zero attached hydrogens (tertiary/aromatic N) is 6. The second kappa shape index (κ2) is 6.64. The fourth-order valence-corrected chi connectivity index (χ4v) is 2.16. The van der Waals surface area contributed by atoms with E-state index in [-0.39, 0.29) is 11.2 Å². The third-order valence-electron chi connectivity index (χ3n) is 3.33. The van der Waals surface area contributed by atoms with E-state index in [9.17, 15) is 4.79 Å². The molecule has 0 fully saturated rings. The minimum Gasteiger partial charge on any atom is -0.293 e. The Labute approximate surface area is 136 Å². The first-order valence-electron chi connectivity index (χ1n) is 7.13. The van der Waals surface area contributed by atoms with Crippen LogP contribution in [0.15, 0.2) is 74.7 Å². The lowest BCUT2D eigenvalue weighted by Crippen LogP contribution is -2.13. The van der Waals surface area contributed by atoms with Gasteiger partial charge in [-0.05, 0) is 36.7 Å². The quantitative estimate of drug-likeness (QED) is 0.414. The molecule has 0 amide bonds. The molecule has 24 heavy (non-hydrogen) atoms. The average molecular weight is 319 g/mol. The van der Waals surface area contributed by atoms with E-state index in [2.05, 4.69) is 25.4 Å². The molecule has 0 saturated heterocycles. The molecular formula is C16H13N7O. The van der Waals surface area contributed by atoms with Gasteiger partial charge < -0.3 is 0 Å². The zero-order valence-electron chi connectivity index (χ0n) is 12.8. The number of benzene rings is 2. The van der Waals surface area contributed by atoms with Gasteiger partial charge >= 0.3 is 0 Å². The third kappa shape index (κ3) is 3.08. The van der Waals surface area contributed by atoms with Crippen molar-refractivity contribution in [3.05, 3.63) is 81.1 Å². The van der Waals surface area contributed by atoms with Crippen molar-refractivity contribution in [3.63, 3.8) is 0 Å². The number of hydrogen-bond acceptors (Lipinski definition) is 4. The Morgan fingerprint density at radius 3 is 2.33 bits per heavy atom. The molecule has 1 heterocycles. The summed E-state index contributed by atoms with van der Waals surface area (Å²) in [6.07, 6.45) is 0. The number of aryl methyl sites for hydroxylation is 1. The van der Waals surface area contributed by atoms with Crippen LogP contribution in [-0.2, 0) is 0 Å². The first kappa shape index (κ1) is 15.3. The molecule has 0 unspecified atom stereocenters. The molecule has 0 aliphatic heterocycles. The molecule has 0 saturated carbocycles. The average Bonchev–Trinajstić information content (AvgIpc) is 2.90. The van der Waals surface area contributed by atoms with Crippen molar-refractivity contribution in [2.75, 3.05) is 0 Å². The highest BCUT2D eigenvalue weighted by molar-refractivity contribution is 5.48. The van der Waals surface area contributed by atoms with Gasteiger partial charge in [0.15, 0.2) is 5.69 Å². The molecule has 0 radical (unpaired) electrons. The molecule has 1 N–H and O–H groups in total. The van der Waals surface area contributed by atoms with Crippen LogP contribution < -0.4 is 5.56 Å². The summed E-state index contributed by atoms with van der Waals surface area (Å²) >= 11 is 0. The second-order valence-corrected chi connectivity index (χ2v) is 4.97. The molecule has 8 nitrogen and oxygen atoms in total. The zero-order valence-corrected chi connectivity index (χ0v) is 12.8. The fraction of sp³-hybridized carbons (Fsp3) is 0.0625. The summed E-state index contributed by atoms with van der Waals surface area (Å²) in [7, 11) is 0. The van der Waals surface area contributed by atoms with Crippen molar-refractivity contribution in [1.29, 1.82) is 0 Å². The number of nitrogens with one attached hydrogen (secondary N) is 1. The summed E-state index contributed by atoms with van der Waals surface area (Å²) in [5.41, 5.74) is 10.7. The Kier molecular flexibility index (Phi) is 4.22. The monoisotopic (exact) mass is 319 g/mol. The summed E-state index contributed by atoms with van der Waals surface area (Å²) in [5, 5.41) is 14.6. The lowest BCUT2D eigenvalue weighted by atomic mass is 10.3. The molecular weight excluding hydrogens is 306 g/mol. The van der Waals surface area contributed by atoms with Crippen LogP contribution in [0, 0.1) is 6.92 Å². The van der Waals surface area contributed by atoms with Crippen molar-refractivity contribution in [2.45, 2.75) is 6.92 Å². The Morgan fingerprint density at radius 2 is 1.67 bits per heavy atom. The number of azide groups is 1. The number of H-pyrrole nitrogens is 1. The van der Waals surface area contributed by atoms with Gasteiger partial charge in [-0.2, -0.15) is 5.11 Å². The Bertz CT molecular complexity index is 978. The van der Waals surface area contributed by atoms with Gasteiger partial charge in [0.25, 0.3) is 5.56 Å². The first-order chi connectivity index (χ1) is 11.7. The highest BCUT2D eigenvalue weighted by Gasteiger charge is 2.11. The molecule has 3 aromatic rings. The van der Waals surface area contributed by atoms with Crippen molar-refractivity contribution >= 4 is 17.1 Å². The maximum atomic E-state index is 12.5. The van der Waals surface area contributed by atoms with Crippen LogP contribution in [-0.4, -0.2) is 9.78 Å². The molecule has 0 spiro atoms. The molecule has 0 atom stereocenters. The maximum Gasteiger partial charge on any atom is 0.299 e. The summed E-state index contributed by atoms with van der Waals surface area (Å²) < 4.78 is 1.43. The lowest BCUT2D eigenvalue weighted by molar-refractivity contribution is 0.835. The topological polar surface area (TPSA) is 111 Å². The van der Waals surface area contributed by atoms with Crippen molar-refractivity contribution in [3.8, 4) is 5.69 Å². The molecule has 3 rings (SSSR count). The summed E-state index contributed by atoms with van der Waals surface area (Å²) in [6.45, 7) is 1.76. The van der Waals surface area contributed by atoms with Crippen LogP contribution in [0.1, 0.15) is 5.69 Å². The Balaban J connectivity index is 1.92. The van der Waals surface area contributed by atoms with Crippen LogP contribution in [0.5, 0.6) is 0 Å². The van der Waals surface area contributed by atoms with E-state index in [0.29, 0.717) is 17.1 Å². The van der Waals surface area contributed by atoms with Crippen LogP contribution in [0.3, 0.4) is 0 Å². The van der Waals surface area contributed by atoms with Crippen LogP contribution in [0.2, 0.25) is 0 Å². The van der Waals surface area contributed by atoms with Gasteiger partial charge in [0.2, 0.25) is 0 Å². The maximum absolute atomic E-state index is 12.5. The highest BCUT2D eigenvalue weighted by atomic mass is 16.1. The van der Waals surface area contributed by atoms with E-state index in [1.54, 1.807) is 31.2 Å². The number of aromatic amines is 1. The van der Waals surface area contributed by atoms with Gasteiger partial charge in [0, 0.05) is 10.6 Å². The number of para-hydroxylation sites is 1. The van der Waals surface area contributed by atoms with Gasteiger partial charge in [-0.3, -0.25) is 9.89 Å². The zero-order chi connectivity index (χ0) is 16.9. The Morgan fingerprint density at radius 1 is 1.00 bits per heavy atom. The van der Waals surface area contributed by atoms with Gasteiger partial charge in [0.05, 0.1) is 17.1 Å². The van der Waals surface area contributed by atoms with E-state index in [4.69, 9.17) is 5.53 Å².